The molecule has 0 unspecified atom stereocenters. The van der Waals surface area contributed by atoms with Crippen molar-refractivity contribution in [3.8, 4) is 11.4 Å². The first-order valence-corrected chi connectivity index (χ1v) is 9.78. The van der Waals surface area contributed by atoms with Crippen LogP contribution in [0.5, 0.6) is 5.75 Å². The van der Waals surface area contributed by atoms with Gasteiger partial charge in [-0.2, -0.15) is 0 Å². The maximum Gasteiger partial charge on any atom is 0.321 e. The smallest absolute Gasteiger partial charge is 0.321 e. The van der Waals surface area contributed by atoms with Crippen LogP contribution in [0.25, 0.3) is 16.7 Å². The summed E-state index contributed by atoms with van der Waals surface area (Å²) in [5.41, 5.74) is 2.68. The molecule has 0 fully saturated rings. The van der Waals surface area contributed by atoms with Gasteiger partial charge in [-0.3, -0.25) is 14.7 Å². The standard InChI is InChI=1S/C20H22N4O3S/c1-4-21-19(26)23-18(25)13(2)28-20-22-16-7-5-6-8-17(16)24(20)14-9-11-15(27-3)12-10-14/h5-13H,4H2,1-3H3,(H2,21,23,25,26)/t13-/m1/s1. The van der Waals surface area contributed by atoms with Crippen LogP contribution < -0.4 is 15.4 Å². The number of ether oxygens (including phenoxy) is 1. The molecule has 0 bridgehead atoms. The number of hydrogen-bond donors (Lipinski definition) is 2. The molecule has 0 spiro atoms. The van der Waals surface area contributed by atoms with Crippen LogP contribution in [0.3, 0.4) is 0 Å². The maximum absolute atomic E-state index is 12.3. The fourth-order valence-electron chi connectivity index (χ4n) is 2.69. The van der Waals surface area contributed by atoms with Gasteiger partial charge in [-0.15, -0.1) is 0 Å². The topological polar surface area (TPSA) is 85.3 Å². The number of nitrogens with one attached hydrogen (secondary N) is 2. The zero-order chi connectivity index (χ0) is 20.1. The Bertz CT molecular complexity index is 985. The van der Waals surface area contributed by atoms with E-state index in [2.05, 4.69) is 15.6 Å². The van der Waals surface area contributed by atoms with E-state index in [0.29, 0.717) is 11.7 Å². The molecule has 3 amide bonds. The van der Waals surface area contributed by atoms with Crippen molar-refractivity contribution in [1.29, 1.82) is 0 Å². The fraction of sp³-hybridized carbons (Fsp3) is 0.250. The second kappa shape index (κ2) is 8.79. The van der Waals surface area contributed by atoms with E-state index in [4.69, 9.17) is 4.74 Å². The number of para-hydroxylation sites is 2. The van der Waals surface area contributed by atoms with E-state index in [1.165, 1.54) is 11.8 Å². The molecule has 0 aliphatic carbocycles. The highest BCUT2D eigenvalue weighted by Crippen LogP contribution is 2.31. The van der Waals surface area contributed by atoms with Crippen LogP contribution in [0, 0.1) is 0 Å². The summed E-state index contributed by atoms with van der Waals surface area (Å²) in [6.07, 6.45) is 0. The number of carbonyl (C=O) groups is 2. The number of methoxy groups -OCH3 is 1. The Labute approximate surface area is 167 Å². The normalized spacial score (nSPS) is 11.8. The quantitative estimate of drug-likeness (QED) is 0.622. The lowest BCUT2D eigenvalue weighted by atomic mass is 10.2. The molecular formula is C20H22N4O3S. The van der Waals surface area contributed by atoms with Crippen molar-refractivity contribution in [1.82, 2.24) is 20.2 Å². The monoisotopic (exact) mass is 398 g/mol. The van der Waals surface area contributed by atoms with Crippen molar-refractivity contribution in [2.45, 2.75) is 24.3 Å². The molecule has 0 aliphatic heterocycles. The van der Waals surface area contributed by atoms with Crippen LogP contribution >= 0.6 is 11.8 Å². The van der Waals surface area contributed by atoms with E-state index in [1.54, 1.807) is 21.0 Å². The Morgan fingerprint density at radius 2 is 1.89 bits per heavy atom. The lowest BCUT2D eigenvalue weighted by Crippen LogP contribution is -2.42. The Kier molecular flexibility index (Phi) is 6.20. The van der Waals surface area contributed by atoms with Gasteiger partial charge in [-0.1, -0.05) is 23.9 Å². The lowest BCUT2D eigenvalue weighted by molar-refractivity contribution is -0.119. The number of amides is 3. The van der Waals surface area contributed by atoms with Crippen molar-refractivity contribution >= 4 is 34.7 Å². The van der Waals surface area contributed by atoms with Gasteiger partial charge in [0, 0.05) is 12.2 Å². The Morgan fingerprint density at radius 1 is 1.18 bits per heavy atom. The molecule has 3 aromatic rings. The number of thioether (sulfide) groups is 1. The third-order valence-electron chi connectivity index (χ3n) is 4.09. The van der Waals surface area contributed by atoms with E-state index in [0.717, 1.165) is 22.5 Å². The molecule has 0 saturated carbocycles. The molecule has 3 rings (SSSR count). The summed E-state index contributed by atoms with van der Waals surface area (Å²) in [7, 11) is 1.62. The number of nitrogens with zero attached hydrogens (tertiary/aromatic N) is 2. The third-order valence-corrected chi connectivity index (χ3v) is 5.14. The van der Waals surface area contributed by atoms with Gasteiger partial charge in [0.05, 0.1) is 23.4 Å². The highest BCUT2D eigenvalue weighted by molar-refractivity contribution is 8.00. The average Bonchev–Trinajstić information content (AvgIpc) is 3.05. The Morgan fingerprint density at radius 3 is 2.57 bits per heavy atom. The number of urea groups is 1. The molecule has 1 aromatic heterocycles. The second-order valence-corrected chi connectivity index (χ2v) is 7.33. The van der Waals surface area contributed by atoms with Gasteiger partial charge >= 0.3 is 6.03 Å². The van der Waals surface area contributed by atoms with Crippen molar-refractivity contribution in [3.05, 3.63) is 48.5 Å². The van der Waals surface area contributed by atoms with Crippen molar-refractivity contribution < 1.29 is 14.3 Å². The summed E-state index contributed by atoms with van der Waals surface area (Å²) in [6.45, 7) is 3.99. The molecule has 7 nitrogen and oxygen atoms in total. The number of rotatable bonds is 6. The predicted molar refractivity (Wildman–Crippen MR) is 110 cm³/mol. The summed E-state index contributed by atoms with van der Waals surface area (Å²) in [4.78, 5) is 28.6. The minimum absolute atomic E-state index is 0.371. The van der Waals surface area contributed by atoms with E-state index >= 15 is 0 Å². The zero-order valence-electron chi connectivity index (χ0n) is 15.9. The highest BCUT2D eigenvalue weighted by Gasteiger charge is 2.21. The minimum atomic E-state index is -0.503. The second-order valence-electron chi connectivity index (χ2n) is 6.03. The van der Waals surface area contributed by atoms with E-state index in [-0.39, 0.29) is 5.91 Å². The van der Waals surface area contributed by atoms with Crippen LogP contribution in [0.4, 0.5) is 4.79 Å². The van der Waals surface area contributed by atoms with Gasteiger partial charge in [0.25, 0.3) is 0 Å². The molecule has 0 radical (unpaired) electrons. The SMILES string of the molecule is CCNC(=O)NC(=O)[C@@H](C)Sc1nc2ccccc2n1-c1ccc(OC)cc1. The van der Waals surface area contributed by atoms with E-state index in [1.807, 2.05) is 53.1 Å². The van der Waals surface area contributed by atoms with Crippen molar-refractivity contribution in [2.75, 3.05) is 13.7 Å². The summed E-state index contributed by atoms with van der Waals surface area (Å²) in [6, 6.07) is 14.9. The summed E-state index contributed by atoms with van der Waals surface area (Å²) in [5, 5.41) is 5.07. The zero-order valence-corrected chi connectivity index (χ0v) is 16.7. The van der Waals surface area contributed by atoms with Gasteiger partial charge in [0.15, 0.2) is 5.16 Å². The summed E-state index contributed by atoms with van der Waals surface area (Å²) >= 11 is 1.30. The Hall–Kier alpha value is -3.00. The highest BCUT2D eigenvalue weighted by atomic mass is 32.2. The summed E-state index contributed by atoms with van der Waals surface area (Å²) in [5.74, 6) is 0.390. The number of fused-ring (bicyclic) bond motifs is 1. The number of imidazole rings is 1. The van der Waals surface area contributed by atoms with Crippen molar-refractivity contribution in [3.63, 3.8) is 0 Å². The number of hydrogen-bond acceptors (Lipinski definition) is 5. The number of aromatic nitrogens is 2. The average molecular weight is 398 g/mol. The van der Waals surface area contributed by atoms with Gasteiger partial charge in [-0.05, 0) is 50.2 Å². The van der Waals surface area contributed by atoms with Crippen LogP contribution in [0.1, 0.15) is 13.8 Å². The van der Waals surface area contributed by atoms with Crippen molar-refractivity contribution in [2.24, 2.45) is 0 Å². The van der Waals surface area contributed by atoms with Crippen LogP contribution in [-0.2, 0) is 4.79 Å². The molecule has 1 heterocycles. The van der Waals surface area contributed by atoms with E-state index in [9.17, 15) is 9.59 Å². The predicted octanol–water partition coefficient (Wildman–Crippen LogP) is 3.36. The first-order valence-electron chi connectivity index (χ1n) is 8.90. The molecule has 1 atom stereocenters. The molecule has 0 aliphatic rings. The number of benzene rings is 2. The summed E-state index contributed by atoms with van der Waals surface area (Å²) < 4.78 is 7.23. The first kappa shape index (κ1) is 19.8. The van der Waals surface area contributed by atoms with E-state index < -0.39 is 11.3 Å². The van der Waals surface area contributed by atoms with Gasteiger partial charge in [0.2, 0.25) is 5.91 Å². The molecule has 2 N–H and O–H groups in total. The van der Waals surface area contributed by atoms with Crippen LogP contribution in [-0.4, -0.2) is 40.4 Å². The molecule has 28 heavy (non-hydrogen) atoms. The molecule has 146 valence electrons. The van der Waals surface area contributed by atoms with Gasteiger partial charge in [0.1, 0.15) is 5.75 Å². The lowest BCUT2D eigenvalue weighted by Gasteiger charge is -2.13. The first-order chi connectivity index (χ1) is 13.5. The molecule has 2 aromatic carbocycles. The minimum Gasteiger partial charge on any atom is -0.497 e. The third kappa shape index (κ3) is 4.28. The van der Waals surface area contributed by atoms with Crippen LogP contribution in [0.2, 0.25) is 0 Å². The van der Waals surface area contributed by atoms with Crippen LogP contribution in [0.15, 0.2) is 53.7 Å². The number of carbonyl (C=O) groups excluding carboxylic acids is 2. The van der Waals surface area contributed by atoms with Gasteiger partial charge in [-0.25, -0.2) is 9.78 Å². The Balaban J connectivity index is 1.92. The molecule has 8 heteroatoms. The number of imide groups is 1. The maximum atomic E-state index is 12.3. The molecular weight excluding hydrogens is 376 g/mol. The molecule has 0 saturated heterocycles. The largest absolute Gasteiger partial charge is 0.497 e. The van der Waals surface area contributed by atoms with Gasteiger partial charge < -0.3 is 10.1 Å². The fourth-order valence-corrected chi connectivity index (χ4v) is 3.64.